The second-order valence-electron chi connectivity index (χ2n) is 4.20. The molecule has 4 heteroatoms. The Bertz CT molecular complexity index is 504. The summed E-state index contributed by atoms with van der Waals surface area (Å²) in [7, 11) is 0. The third-order valence-corrected chi connectivity index (χ3v) is 4.51. The summed E-state index contributed by atoms with van der Waals surface area (Å²) in [6.45, 7) is 2.10. The van der Waals surface area contributed by atoms with Crippen LogP contribution in [0.2, 0.25) is 0 Å². The first-order chi connectivity index (χ1) is 8.74. The fourth-order valence-corrected chi connectivity index (χ4v) is 3.38. The minimum Gasteiger partial charge on any atom is -0.349 e. The van der Waals surface area contributed by atoms with Crippen LogP contribution in [0.3, 0.4) is 0 Å². The highest BCUT2D eigenvalue weighted by Crippen LogP contribution is 2.25. The molecule has 2 rings (SSSR count). The number of benzene rings is 1. The topological polar surface area (TPSA) is 29.1 Å². The highest BCUT2D eigenvalue weighted by Gasteiger charge is 2.13. The average Bonchev–Trinajstić information content (AvgIpc) is 2.82. The van der Waals surface area contributed by atoms with Crippen molar-refractivity contribution < 1.29 is 4.79 Å². The molecule has 0 spiro atoms. The zero-order chi connectivity index (χ0) is 13.0. The zero-order valence-electron chi connectivity index (χ0n) is 10.3. The molecule has 0 saturated carbocycles. The number of alkyl halides is 1. The number of carbonyl (C=O) groups excluding carboxylic acids is 1. The van der Waals surface area contributed by atoms with E-state index in [0.29, 0.717) is 0 Å². The van der Waals surface area contributed by atoms with Crippen molar-refractivity contribution in [1.29, 1.82) is 0 Å². The van der Waals surface area contributed by atoms with Crippen LogP contribution in [0.5, 0.6) is 0 Å². The molecule has 0 aliphatic rings. The van der Waals surface area contributed by atoms with Crippen molar-refractivity contribution in [1.82, 2.24) is 5.32 Å². The fourth-order valence-electron chi connectivity index (χ4n) is 1.86. The molecule has 2 aromatic rings. The average molecular weight is 326 g/mol. The molecule has 1 aromatic heterocycles. The van der Waals surface area contributed by atoms with Gasteiger partial charge in [-0.15, -0.1) is 11.3 Å². The maximum absolute atomic E-state index is 12.1. The van der Waals surface area contributed by atoms with Crippen LogP contribution in [0.4, 0.5) is 0 Å². The van der Waals surface area contributed by atoms with Gasteiger partial charge in [0.15, 0.2) is 0 Å². The van der Waals surface area contributed by atoms with Crippen LogP contribution >= 0.6 is 27.3 Å². The predicted octanol–water partition coefficient (Wildman–Crippen LogP) is 4.19. The highest BCUT2D eigenvalue weighted by molar-refractivity contribution is 9.09. The summed E-state index contributed by atoms with van der Waals surface area (Å²) in [5.74, 6) is 0.0454. The van der Waals surface area contributed by atoms with Crippen LogP contribution in [0, 0.1) is 0 Å². The number of amides is 1. The lowest BCUT2D eigenvalue weighted by Gasteiger charge is -2.14. The Morgan fingerprint density at radius 1 is 1.44 bits per heavy atom. The quantitative estimate of drug-likeness (QED) is 0.820. The van der Waals surface area contributed by atoms with E-state index in [-0.39, 0.29) is 11.9 Å². The normalized spacial score (nSPS) is 12.6. The molecule has 0 bridgehead atoms. The number of fused-ring (bicyclic) bond motifs is 1. The number of hydrogen-bond acceptors (Lipinski definition) is 2. The van der Waals surface area contributed by atoms with E-state index in [0.717, 1.165) is 33.1 Å². The second kappa shape index (κ2) is 6.34. The number of halogens is 1. The zero-order valence-corrected chi connectivity index (χ0v) is 12.7. The number of carbonyl (C=O) groups is 1. The maximum atomic E-state index is 12.1. The molecule has 2 nitrogen and oxygen atoms in total. The van der Waals surface area contributed by atoms with Crippen molar-refractivity contribution in [3.63, 3.8) is 0 Å². The van der Waals surface area contributed by atoms with E-state index in [1.165, 1.54) is 0 Å². The standard InChI is InChI=1S/C14H16BrNOS/c1-2-11(7-8-15)16-14(17)13-9-10-5-3-4-6-12(10)18-13/h3-6,9,11H,2,7-8H2,1H3,(H,16,17). The third-order valence-electron chi connectivity index (χ3n) is 2.93. The second-order valence-corrected chi connectivity index (χ2v) is 6.08. The monoisotopic (exact) mass is 325 g/mol. The van der Waals surface area contributed by atoms with Crippen molar-refractivity contribution in [3.8, 4) is 0 Å². The molecule has 1 atom stereocenters. The van der Waals surface area contributed by atoms with Crippen molar-refractivity contribution in [2.75, 3.05) is 5.33 Å². The van der Waals surface area contributed by atoms with E-state index < -0.39 is 0 Å². The Balaban J connectivity index is 2.13. The van der Waals surface area contributed by atoms with Gasteiger partial charge in [-0.2, -0.15) is 0 Å². The molecule has 0 radical (unpaired) electrons. The van der Waals surface area contributed by atoms with Crippen molar-refractivity contribution in [2.45, 2.75) is 25.8 Å². The summed E-state index contributed by atoms with van der Waals surface area (Å²) in [4.78, 5) is 12.9. The highest BCUT2D eigenvalue weighted by atomic mass is 79.9. The van der Waals surface area contributed by atoms with Crippen molar-refractivity contribution in [2.24, 2.45) is 0 Å². The number of rotatable bonds is 5. The van der Waals surface area contributed by atoms with E-state index in [1.54, 1.807) is 11.3 Å². The van der Waals surface area contributed by atoms with Gasteiger partial charge in [-0.25, -0.2) is 0 Å². The first-order valence-electron chi connectivity index (χ1n) is 6.10. The van der Waals surface area contributed by atoms with Gasteiger partial charge >= 0.3 is 0 Å². The molecule has 18 heavy (non-hydrogen) atoms. The Hall–Kier alpha value is -0.870. The van der Waals surface area contributed by atoms with Crippen LogP contribution in [0.15, 0.2) is 30.3 Å². The Morgan fingerprint density at radius 2 is 2.22 bits per heavy atom. The van der Waals surface area contributed by atoms with Gasteiger partial charge in [-0.1, -0.05) is 41.1 Å². The fraction of sp³-hybridized carbons (Fsp3) is 0.357. The van der Waals surface area contributed by atoms with Gasteiger partial charge in [0.05, 0.1) is 4.88 Å². The van der Waals surface area contributed by atoms with Crippen LogP contribution < -0.4 is 5.32 Å². The summed E-state index contributed by atoms with van der Waals surface area (Å²) in [6.07, 6.45) is 1.93. The van der Waals surface area contributed by atoms with Gasteiger partial charge in [0, 0.05) is 16.1 Å². The molecule has 0 fully saturated rings. The lowest BCUT2D eigenvalue weighted by Crippen LogP contribution is -2.34. The van der Waals surface area contributed by atoms with Gasteiger partial charge < -0.3 is 5.32 Å². The third kappa shape index (κ3) is 3.12. The van der Waals surface area contributed by atoms with Crippen LogP contribution in [0.1, 0.15) is 29.4 Å². The maximum Gasteiger partial charge on any atom is 0.261 e. The van der Waals surface area contributed by atoms with Crippen molar-refractivity contribution in [3.05, 3.63) is 35.2 Å². The number of nitrogens with one attached hydrogen (secondary N) is 1. The minimum absolute atomic E-state index is 0.0454. The minimum atomic E-state index is 0.0454. The molecule has 1 aromatic carbocycles. The van der Waals surface area contributed by atoms with Crippen LogP contribution in [-0.2, 0) is 0 Å². The van der Waals surface area contributed by atoms with Crippen molar-refractivity contribution >= 4 is 43.3 Å². The molecule has 0 aliphatic heterocycles. The van der Waals surface area contributed by atoms with E-state index in [4.69, 9.17) is 0 Å². The number of thiophene rings is 1. The lowest BCUT2D eigenvalue weighted by molar-refractivity contribution is 0.0939. The molecule has 1 N–H and O–H groups in total. The molecular formula is C14H16BrNOS. The van der Waals surface area contributed by atoms with Crippen LogP contribution in [0.25, 0.3) is 10.1 Å². The van der Waals surface area contributed by atoms with Gasteiger partial charge in [0.2, 0.25) is 0 Å². The van der Waals surface area contributed by atoms with E-state index in [1.807, 2.05) is 30.3 Å². The molecule has 0 saturated heterocycles. The Kier molecular flexibility index (Phi) is 4.78. The summed E-state index contributed by atoms with van der Waals surface area (Å²) in [6, 6.07) is 10.3. The molecule has 1 amide bonds. The first kappa shape index (κ1) is 13.6. The summed E-state index contributed by atoms with van der Waals surface area (Å²) < 4.78 is 1.16. The van der Waals surface area contributed by atoms with E-state index in [9.17, 15) is 4.79 Å². The SMILES string of the molecule is CCC(CCBr)NC(=O)c1cc2ccccc2s1. The molecule has 96 valence electrons. The Labute approximate surface area is 120 Å². The smallest absolute Gasteiger partial charge is 0.261 e. The van der Waals surface area contributed by atoms with Crippen LogP contribution in [-0.4, -0.2) is 17.3 Å². The van der Waals surface area contributed by atoms with E-state index >= 15 is 0 Å². The molecule has 0 aliphatic carbocycles. The number of hydrogen-bond donors (Lipinski definition) is 1. The molecular weight excluding hydrogens is 310 g/mol. The molecule has 1 heterocycles. The molecule has 1 unspecified atom stereocenters. The predicted molar refractivity (Wildman–Crippen MR) is 81.8 cm³/mol. The lowest BCUT2D eigenvalue weighted by atomic mass is 10.1. The Morgan fingerprint density at radius 3 is 2.89 bits per heavy atom. The summed E-state index contributed by atoms with van der Waals surface area (Å²) >= 11 is 4.97. The summed E-state index contributed by atoms with van der Waals surface area (Å²) in [5, 5.41) is 5.14. The largest absolute Gasteiger partial charge is 0.349 e. The van der Waals surface area contributed by atoms with Gasteiger partial charge in [-0.3, -0.25) is 4.79 Å². The van der Waals surface area contributed by atoms with Gasteiger partial charge in [-0.05, 0) is 30.4 Å². The summed E-state index contributed by atoms with van der Waals surface area (Å²) in [5.41, 5.74) is 0. The van der Waals surface area contributed by atoms with Gasteiger partial charge in [0.25, 0.3) is 5.91 Å². The van der Waals surface area contributed by atoms with E-state index in [2.05, 4.69) is 28.2 Å². The van der Waals surface area contributed by atoms with Gasteiger partial charge in [0.1, 0.15) is 0 Å². The first-order valence-corrected chi connectivity index (χ1v) is 8.03.